The van der Waals surface area contributed by atoms with Gasteiger partial charge in [-0.25, -0.2) is 9.18 Å². The lowest BCUT2D eigenvalue weighted by Gasteiger charge is -2.10. The normalized spacial score (nSPS) is 10.2. The number of ether oxygens (including phenoxy) is 1. The fourth-order valence-electron chi connectivity index (χ4n) is 1.63. The number of aryl methyl sites for hydroxylation is 2. The van der Waals surface area contributed by atoms with Crippen LogP contribution in [-0.4, -0.2) is 6.09 Å². The maximum absolute atomic E-state index is 13.4. The zero-order chi connectivity index (χ0) is 14.7. The minimum atomic E-state index is -0.791. The first kappa shape index (κ1) is 14.3. The third-order valence-corrected chi connectivity index (χ3v) is 3.16. The molecular formula is C15H13ClFNO2. The Morgan fingerprint density at radius 2 is 1.85 bits per heavy atom. The van der Waals surface area contributed by atoms with Gasteiger partial charge in [-0.1, -0.05) is 23.7 Å². The summed E-state index contributed by atoms with van der Waals surface area (Å²) >= 11 is 6.00. The van der Waals surface area contributed by atoms with Crippen molar-refractivity contribution in [2.24, 2.45) is 0 Å². The Morgan fingerprint density at radius 1 is 1.20 bits per heavy atom. The van der Waals surface area contributed by atoms with E-state index in [0.29, 0.717) is 5.02 Å². The summed E-state index contributed by atoms with van der Waals surface area (Å²) in [6, 6.07) is 9.21. The molecule has 0 saturated heterocycles. The van der Waals surface area contributed by atoms with E-state index in [9.17, 15) is 9.18 Å². The molecule has 0 heterocycles. The Bertz CT molecular complexity index is 658. The van der Waals surface area contributed by atoms with E-state index < -0.39 is 11.9 Å². The lowest BCUT2D eigenvalue weighted by Crippen LogP contribution is -2.17. The summed E-state index contributed by atoms with van der Waals surface area (Å²) in [6.07, 6.45) is -0.791. The summed E-state index contributed by atoms with van der Waals surface area (Å²) in [4.78, 5) is 11.7. The van der Waals surface area contributed by atoms with Crippen molar-refractivity contribution in [2.75, 3.05) is 5.32 Å². The summed E-state index contributed by atoms with van der Waals surface area (Å²) in [5, 5.41) is 2.66. The summed E-state index contributed by atoms with van der Waals surface area (Å²) in [5.41, 5.74) is 2.00. The summed E-state index contributed by atoms with van der Waals surface area (Å²) in [6.45, 7) is 3.79. The molecule has 0 aliphatic rings. The maximum atomic E-state index is 13.4. The molecule has 0 unspecified atom stereocenters. The molecule has 0 spiro atoms. The van der Waals surface area contributed by atoms with E-state index in [1.807, 2.05) is 13.8 Å². The predicted octanol–water partition coefficient (Wildman–Crippen LogP) is 4.71. The minimum absolute atomic E-state index is 0.0532. The van der Waals surface area contributed by atoms with Gasteiger partial charge in [-0.05, 0) is 49.2 Å². The van der Waals surface area contributed by atoms with Gasteiger partial charge in [-0.15, -0.1) is 0 Å². The molecule has 0 radical (unpaired) electrons. The Morgan fingerprint density at radius 3 is 2.55 bits per heavy atom. The third kappa shape index (κ3) is 3.27. The molecule has 3 nitrogen and oxygen atoms in total. The zero-order valence-electron chi connectivity index (χ0n) is 11.0. The van der Waals surface area contributed by atoms with Crippen LogP contribution in [0.2, 0.25) is 5.02 Å². The largest absolute Gasteiger partial charge is 0.417 e. The average Bonchev–Trinajstić information content (AvgIpc) is 2.39. The molecule has 0 atom stereocenters. The monoisotopic (exact) mass is 293 g/mol. The van der Waals surface area contributed by atoms with Gasteiger partial charge in [0.25, 0.3) is 0 Å². The molecule has 104 valence electrons. The lowest BCUT2D eigenvalue weighted by molar-refractivity contribution is 0.215. The average molecular weight is 294 g/mol. The molecule has 2 aromatic rings. The van der Waals surface area contributed by atoms with E-state index >= 15 is 0 Å². The number of carbonyl (C=O) groups is 1. The third-order valence-electron chi connectivity index (χ3n) is 2.86. The van der Waals surface area contributed by atoms with Crippen LogP contribution < -0.4 is 10.1 Å². The van der Waals surface area contributed by atoms with Gasteiger partial charge in [0.1, 0.15) is 5.82 Å². The topological polar surface area (TPSA) is 38.3 Å². The summed E-state index contributed by atoms with van der Waals surface area (Å²) in [7, 11) is 0. The lowest BCUT2D eigenvalue weighted by atomic mass is 10.1. The predicted molar refractivity (Wildman–Crippen MR) is 77.0 cm³/mol. The van der Waals surface area contributed by atoms with Crippen molar-refractivity contribution in [1.82, 2.24) is 0 Å². The molecular weight excluding hydrogens is 281 g/mol. The summed E-state index contributed by atoms with van der Waals surface area (Å²) < 4.78 is 18.5. The Kier molecular flexibility index (Phi) is 4.25. The van der Waals surface area contributed by atoms with Gasteiger partial charge in [0, 0.05) is 0 Å². The molecule has 0 aromatic heterocycles. The second kappa shape index (κ2) is 5.92. The standard InChI is InChI=1S/C15H13ClFNO2/c1-9-7-11(16)14(8-10(9)2)20-15(19)18-13-6-4-3-5-12(13)17/h3-8H,1-2H3,(H,18,19). The fourth-order valence-corrected chi connectivity index (χ4v) is 1.89. The van der Waals surface area contributed by atoms with Crippen LogP contribution in [0.15, 0.2) is 36.4 Å². The second-order valence-corrected chi connectivity index (χ2v) is 4.77. The zero-order valence-corrected chi connectivity index (χ0v) is 11.8. The van der Waals surface area contributed by atoms with E-state index in [1.165, 1.54) is 18.2 Å². The molecule has 0 fully saturated rings. The second-order valence-electron chi connectivity index (χ2n) is 4.36. The molecule has 0 bridgehead atoms. The highest BCUT2D eigenvalue weighted by Crippen LogP contribution is 2.28. The smallest absolute Gasteiger partial charge is 0.408 e. The van der Waals surface area contributed by atoms with Crippen LogP contribution in [-0.2, 0) is 0 Å². The van der Waals surface area contributed by atoms with Crippen LogP contribution in [0.4, 0.5) is 14.9 Å². The van der Waals surface area contributed by atoms with Crippen LogP contribution in [0.3, 0.4) is 0 Å². The van der Waals surface area contributed by atoms with Crippen molar-refractivity contribution in [2.45, 2.75) is 13.8 Å². The van der Waals surface area contributed by atoms with Gasteiger partial charge in [-0.2, -0.15) is 0 Å². The van der Waals surface area contributed by atoms with Gasteiger partial charge >= 0.3 is 6.09 Å². The van der Waals surface area contributed by atoms with Crippen molar-refractivity contribution < 1.29 is 13.9 Å². The maximum Gasteiger partial charge on any atom is 0.417 e. The molecule has 1 N–H and O–H groups in total. The molecule has 0 saturated carbocycles. The fraction of sp³-hybridized carbons (Fsp3) is 0.133. The van der Waals surface area contributed by atoms with Crippen molar-refractivity contribution in [3.63, 3.8) is 0 Å². The van der Waals surface area contributed by atoms with Gasteiger partial charge in [0.15, 0.2) is 5.75 Å². The van der Waals surface area contributed by atoms with Crippen LogP contribution in [0.25, 0.3) is 0 Å². The highest BCUT2D eigenvalue weighted by Gasteiger charge is 2.11. The molecule has 5 heteroatoms. The Hall–Kier alpha value is -2.07. The van der Waals surface area contributed by atoms with E-state index in [-0.39, 0.29) is 11.4 Å². The van der Waals surface area contributed by atoms with E-state index in [4.69, 9.17) is 16.3 Å². The number of hydrogen-bond donors (Lipinski definition) is 1. The molecule has 1 amide bonds. The highest BCUT2D eigenvalue weighted by molar-refractivity contribution is 6.32. The molecule has 20 heavy (non-hydrogen) atoms. The Balaban J connectivity index is 2.13. The van der Waals surface area contributed by atoms with Crippen molar-refractivity contribution in [1.29, 1.82) is 0 Å². The first-order valence-electron chi connectivity index (χ1n) is 5.97. The van der Waals surface area contributed by atoms with Gasteiger partial charge < -0.3 is 4.74 Å². The van der Waals surface area contributed by atoms with E-state index in [0.717, 1.165) is 11.1 Å². The number of benzene rings is 2. The van der Waals surface area contributed by atoms with Crippen molar-refractivity contribution in [3.05, 3.63) is 58.4 Å². The molecule has 0 aliphatic carbocycles. The van der Waals surface area contributed by atoms with Crippen LogP contribution in [0, 0.1) is 19.7 Å². The first-order chi connectivity index (χ1) is 9.47. The minimum Gasteiger partial charge on any atom is -0.408 e. The quantitative estimate of drug-likeness (QED) is 0.871. The molecule has 2 rings (SSSR count). The number of para-hydroxylation sites is 1. The Labute approximate surface area is 121 Å². The number of anilines is 1. The highest BCUT2D eigenvalue weighted by atomic mass is 35.5. The number of amides is 1. The number of halogens is 2. The first-order valence-corrected chi connectivity index (χ1v) is 6.35. The van der Waals surface area contributed by atoms with E-state index in [1.54, 1.807) is 18.2 Å². The van der Waals surface area contributed by atoms with Crippen molar-refractivity contribution in [3.8, 4) is 5.75 Å². The van der Waals surface area contributed by atoms with Gasteiger partial charge in [0.2, 0.25) is 0 Å². The van der Waals surface area contributed by atoms with Crippen LogP contribution in [0.5, 0.6) is 5.75 Å². The van der Waals surface area contributed by atoms with Gasteiger partial charge in [0.05, 0.1) is 10.7 Å². The van der Waals surface area contributed by atoms with E-state index in [2.05, 4.69) is 5.32 Å². The number of carbonyl (C=O) groups excluding carboxylic acids is 1. The van der Waals surface area contributed by atoms with Crippen LogP contribution >= 0.6 is 11.6 Å². The number of nitrogens with one attached hydrogen (secondary N) is 1. The van der Waals surface area contributed by atoms with Crippen molar-refractivity contribution >= 4 is 23.4 Å². The number of rotatable bonds is 2. The SMILES string of the molecule is Cc1cc(Cl)c(OC(=O)Nc2ccccc2F)cc1C. The number of hydrogen-bond acceptors (Lipinski definition) is 2. The van der Waals surface area contributed by atoms with Gasteiger partial charge in [-0.3, -0.25) is 5.32 Å². The molecule has 0 aliphatic heterocycles. The summed E-state index contributed by atoms with van der Waals surface area (Å²) in [5.74, 6) is -0.292. The molecule has 2 aromatic carbocycles. The van der Waals surface area contributed by atoms with Crippen LogP contribution in [0.1, 0.15) is 11.1 Å².